The molecule has 0 bridgehead atoms. The number of rotatable bonds is 4. The van der Waals surface area contributed by atoms with Gasteiger partial charge < -0.3 is 9.47 Å². The molecule has 2 heterocycles. The molecule has 5 nitrogen and oxygen atoms in total. The number of cyclic esters (lactones) is 1. The monoisotopic (exact) mass is 318 g/mol. The Morgan fingerprint density at radius 3 is 2.74 bits per heavy atom. The molecule has 0 spiro atoms. The van der Waals surface area contributed by atoms with Gasteiger partial charge in [-0.3, -0.25) is 9.80 Å². The van der Waals surface area contributed by atoms with Gasteiger partial charge in [0.25, 0.3) is 0 Å². The van der Waals surface area contributed by atoms with Crippen LogP contribution in [0.25, 0.3) is 0 Å². The number of benzene rings is 1. The minimum absolute atomic E-state index is 0.148. The summed E-state index contributed by atoms with van der Waals surface area (Å²) in [5.74, 6) is 0.941. The molecule has 0 aromatic heterocycles. The Kier molecular flexibility index (Phi) is 4.23. The van der Waals surface area contributed by atoms with Gasteiger partial charge in [-0.1, -0.05) is 13.0 Å². The van der Waals surface area contributed by atoms with Crippen molar-refractivity contribution in [1.82, 2.24) is 9.80 Å². The first-order valence-electron chi connectivity index (χ1n) is 8.30. The third kappa shape index (κ3) is 2.78. The van der Waals surface area contributed by atoms with E-state index in [0.29, 0.717) is 6.61 Å². The molecule has 1 aromatic carbocycles. The summed E-state index contributed by atoms with van der Waals surface area (Å²) in [4.78, 5) is 16.2. The van der Waals surface area contributed by atoms with E-state index in [1.807, 2.05) is 4.90 Å². The Morgan fingerprint density at radius 1 is 1.26 bits per heavy atom. The van der Waals surface area contributed by atoms with Gasteiger partial charge in [0.2, 0.25) is 0 Å². The first kappa shape index (κ1) is 16.1. The average Bonchev–Trinajstić information content (AvgIpc) is 2.88. The number of hydrogen-bond acceptors (Lipinski definition) is 4. The molecule has 2 aliphatic heterocycles. The highest BCUT2D eigenvalue weighted by Crippen LogP contribution is 2.33. The SMILES string of the molecule is CCC12COC(=O)N1CCN(Cc1cc(C)c(OC)cc1C)C2. The molecular weight excluding hydrogens is 292 g/mol. The second-order valence-corrected chi connectivity index (χ2v) is 6.74. The lowest BCUT2D eigenvalue weighted by Gasteiger charge is -2.44. The maximum absolute atomic E-state index is 11.9. The Bertz CT molecular complexity index is 617. The van der Waals surface area contributed by atoms with E-state index in [1.165, 1.54) is 11.1 Å². The number of methoxy groups -OCH3 is 1. The Balaban J connectivity index is 1.77. The quantitative estimate of drug-likeness (QED) is 0.856. The lowest BCUT2D eigenvalue weighted by atomic mass is 9.92. The van der Waals surface area contributed by atoms with Crippen molar-refractivity contribution >= 4 is 6.09 Å². The number of aryl methyl sites for hydroxylation is 2. The van der Waals surface area contributed by atoms with Crippen molar-refractivity contribution in [2.75, 3.05) is 33.4 Å². The molecular formula is C18H26N2O3. The molecule has 1 atom stereocenters. The number of hydrogen-bond donors (Lipinski definition) is 0. The van der Waals surface area contributed by atoms with Gasteiger partial charge in [-0.15, -0.1) is 0 Å². The number of ether oxygens (including phenoxy) is 2. The number of nitrogens with zero attached hydrogens (tertiary/aromatic N) is 2. The van der Waals surface area contributed by atoms with E-state index in [-0.39, 0.29) is 11.6 Å². The summed E-state index contributed by atoms with van der Waals surface area (Å²) in [6.45, 7) is 10.3. The molecule has 0 N–H and O–H groups in total. The minimum Gasteiger partial charge on any atom is -0.496 e. The van der Waals surface area contributed by atoms with E-state index < -0.39 is 0 Å². The molecule has 1 amide bonds. The Morgan fingerprint density at radius 2 is 2.04 bits per heavy atom. The predicted molar refractivity (Wildman–Crippen MR) is 88.8 cm³/mol. The van der Waals surface area contributed by atoms with Crippen molar-refractivity contribution in [3.63, 3.8) is 0 Å². The van der Waals surface area contributed by atoms with Gasteiger partial charge in [0.1, 0.15) is 12.4 Å². The molecule has 0 saturated carbocycles. The van der Waals surface area contributed by atoms with Gasteiger partial charge in [-0.05, 0) is 43.0 Å². The zero-order valence-corrected chi connectivity index (χ0v) is 14.5. The largest absolute Gasteiger partial charge is 0.496 e. The lowest BCUT2D eigenvalue weighted by Crippen LogP contribution is -2.60. The molecule has 2 saturated heterocycles. The van der Waals surface area contributed by atoms with Crippen molar-refractivity contribution in [3.05, 3.63) is 28.8 Å². The van der Waals surface area contributed by atoms with Gasteiger partial charge in [0.05, 0.1) is 12.6 Å². The van der Waals surface area contributed by atoms with Gasteiger partial charge in [0.15, 0.2) is 0 Å². The van der Waals surface area contributed by atoms with E-state index in [0.717, 1.165) is 43.9 Å². The van der Waals surface area contributed by atoms with Gasteiger partial charge in [-0.25, -0.2) is 4.79 Å². The summed E-state index contributed by atoms with van der Waals surface area (Å²) in [6, 6.07) is 4.33. The van der Waals surface area contributed by atoms with Crippen molar-refractivity contribution in [3.8, 4) is 5.75 Å². The average molecular weight is 318 g/mol. The first-order chi connectivity index (χ1) is 11.0. The van der Waals surface area contributed by atoms with Crippen LogP contribution in [0.3, 0.4) is 0 Å². The molecule has 5 heteroatoms. The summed E-state index contributed by atoms with van der Waals surface area (Å²) >= 11 is 0. The predicted octanol–water partition coefficient (Wildman–Crippen LogP) is 2.73. The van der Waals surface area contributed by atoms with Crippen molar-refractivity contribution in [1.29, 1.82) is 0 Å². The minimum atomic E-state index is -0.150. The normalized spacial score (nSPS) is 24.5. The zero-order chi connectivity index (χ0) is 16.6. The second-order valence-electron chi connectivity index (χ2n) is 6.74. The number of amides is 1. The van der Waals surface area contributed by atoms with E-state index >= 15 is 0 Å². The molecule has 1 unspecified atom stereocenters. The molecule has 0 radical (unpaired) electrons. The molecule has 2 fully saturated rings. The zero-order valence-electron chi connectivity index (χ0n) is 14.5. The van der Waals surface area contributed by atoms with Crippen LogP contribution >= 0.6 is 0 Å². The highest BCUT2D eigenvalue weighted by atomic mass is 16.6. The Hall–Kier alpha value is -1.75. The third-order valence-electron chi connectivity index (χ3n) is 5.32. The molecule has 126 valence electrons. The third-order valence-corrected chi connectivity index (χ3v) is 5.32. The Labute approximate surface area is 138 Å². The summed E-state index contributed by atoms with van der Waals surface area (Å²) in [5.41, 5.74) is 3.59. The van der Waals surface area contributed by atoms with E-state index in [2.05, 4.69) is 37.8 Å². The number of fused-ring (bicyclic) bond motifs is 1. The summed E-state index contributed by atoms with van der Waals surface area (Å²) in [7, 11) is 1.71. The molecule has 23 heavy (non-hydrogen) atoms. The van der Waals surface area contributed by atoms with Crippen LogP contribution in [0.1, 0.15) is 30.0 Å². The number of carbonyl (C=O) groups excluding carboxylic acids is 1. The first-order valence-corrected chi connectivity index (χ1v) is 8.30. The molecule has 3 rings (SSSR count). The fraction of sp³-hybridized carbons (Fsp3) is 0.611. The van der Waals surface area contributed by atoms with Crippen LogP contribution in [-0.4, -0.2) is 54.8 Å². The fourth-order valence-corrected chi connectivity index (χ4v) is 3.76. The van der Waals surface area contributed by atoms with Crippen LogP contribution in [0.5, 0.6) is 5.75 Å². The highest BCUT2D eigenvalue weighted by molar-refractivity contribution is 5.71. The van der Waals surface area contributed by atoms with Crippen LogP contribution in [0, 0.1) is 13.8 Å². The lowest BCUT2D eigenvalue weighted by molar-refractivity contribution is 0.0448. The van der Waals surface area contributed by atoms with E-state index in [4.69, 9.17) is 9.47 Å². The van der Waals surface area contributed by atoms with Gasteiger partial charge in [-0.2, -0.15) is 0 Å². The second kappa shape index (κ2) is 6.04. The summed E-state index contributed by atoms with van der Waals surface area (Å²) < 4.78 is 10.7. The fourth-order valence-electron chi connectivity index (χ4n) is 3.76. The van der Waals surface area contributed by atoms with E-state index in [9.17, 15) is 4.79 Å². The molecule has 2 aliphatic rings. The molecule has 0 aliphatic carbocycles. The van der Waals surface area contributed by atoms with Crippen molar-refractivity contribution in [2.45, 2.75) is 39.3 Å². The van der Waals surface area contributed by atoms with E-state index in [1.54, 1.807) is 7.11 Å². The van der Waals surface area contributed by atoms with Crippen LogP contribution in [-0.2, 0) is 11.3 Å². The summed E-state index contributed by atoms with van der Waals surface area (Å²) in [5, 5.41) is 0. The standard InChI is InChI=1S/C18H26N2O3/c1-5-18-11-19(6-7-20(18)17(21)23-12-18)10-15-8-14(3)16(22-4)9-13(15)2/h8-9H,5-7,10-12H2,1-4H3. The molecule has 1 aromatic rings. The van der Waals surface area contributed by atoms with Crippen molar-refractivity contribution < 1.29 is 14.3 Å². The van der Waals surface area contributed by atoms with Gasteiger partial charge in [0, 0.05) is 26.2 Å². The maximum atomic E-state index is 11.9. The van der Waals surface area contributed by atoms with Crippen LogP contribution < -0.4 is 4.74 Å². The number of piperazine rings is 1. The van der Waals surface area contributed by atoms with Gasteiger partial charge >= 0.3 is 6.09 Å². The number of carbonyl (C=O) groups is 1. The van der Waals surface area contributed by atoms with Crippen LogP contribution in [0.2, 0.25) is 0 Å². The smallest absolute Gasteiger partial charge is 0.410 e. The summed E-state index contributed by atoms with van der Waals surface area (Å²) in [6.07, 6.45) is 0.776. The van der Waals surface area contributed by atoms with Crippen LogP contribution in [0.15, 0.2) is 12.1 Å². The van der Waals surface area contributed by atoms with Crippen molar-refractivity contribution in [2.24, 2.45) is 0 Å². The highest BCUT2D eigenvalue weighted by Gasteiger charge is 2.49. The maximum Gasteiger partial charge on any atom is 0.410 e. The van der Waals surface area contributed by atoms with Crippen LogP contribution in [0.4, 0.5) is 4.79 Å². The topological polar surface area (TPSA) is 42.0 Å².